The number of hydrogen-bond acceptors (Lipinski definition) is 7. The van der Waals surface area contributed by atoms with Gasteiger partial charge in [-0.05, 0) is 38.0 Å². The Hall–Kier alpha value is -3.23. The summed E-state index contributed by atoms with van der Waals surface area (Å²) in [7, 11) is 0. The number of fused-ring (bicyclic) bond motifs is 1. The van der Waals surface area contributed by atoms with E-state index in [9.17, 15) is 14.9 Å². The van der Waals surface area contributed by atoms with Crippen LogP contribution in [0.25, 0.3) is 0 Å². The van der Waals surface area contributed by atoms with Crippen molar-refractivity contribution in [1.29, 1.82) is 0 Å². The molecule has 0 fully saturated rings. The Kier molecular flexibility index (Phi) is 5.20. The minimum absolute atomic E-state index is 0.0156. The van der Waals surface area contributed by atoms with Gasteiger partial charge in [-0.25, -0.2) is 9.48 Å². The van der Waals surface area contributed by atoms with Crippen molar-refractivity contribution in [3.05, 3.63) is 57.0 Å². The zero-order valence-corrected chi connectivity index (χ0v) is 15.4. The molecule has 0 unspecified atom stereocenters. The Bertz CT molecular complexity index is 901. The smallest absolute Gasteiger partial charge is 0.338 e. The summed E-state index contributed by atoms with van der Waals surface area (Å²) in [6, 6.07) is 5.55. The van der Waals surface area contributed by atoms with E-state index in [0.29, 0.717) is 29.3 Å². The third kappa shape index (κ3) is 3.53. The lowest BCUT2D eigenvalue weighted by atomic mass is 9.94. The van der Waals surface area contributed by atoms with Crippen molar-refractivity contribution in [3.8, 4) is 0 Å². The number of carbonyl (C=O) groups is 1. The fourth-order valence-electron chi connectivity index (χ4n) is 3.16. The summed E-state index contributed by atoms with van der Waals surface area (Å²) < 4.78 is 6.91. The van der Waals surface area contributed by atoms with E-state index < -0.39 is 16.9 Å². The van der Waals surface area contributed by atoms with Gasteiger partial charge in [0, 0.05) is 17.8 Å². The largest absolute Gasteiger partial charge is 0.463 e. The molecule has 27 heavy (non-hydrogen) atoms. The average molecular weight is 371 g/mol. The van der Waals surface area contributed by atoms with Gasteiger partial charge in [0.25, 0.3) is 5.69 Å². The van der Waals surface area contributed by atoms with Crippen molar-refractivity contribution in [2.24, 2.45) is 0 Å². The standard InChI is InChI=1S/C18H21N5O4/c1-4-6-14-15(17(24)27-5-2)16(22-18(20-14)19-11(3)21-22)12-7-9-13(10-8-12)23(25)26/h7-10,16H,4-6H2,1-3H3,(H,19,20,21)/t16-/m0/s1. The second kappa shape index (κ2) is 7.56. The number of nitro benzene ring substituents is 1. The summed E-state index contributed by atoms with van der Waals surface area (Å²) >= 11 is 0. The lowest BCUT2D eigenvalue weighted by molar-refractivity contribution is -0.384. The predicted molar refractivity (Wildman–Crippen MR) is 98.2 cm³/mol. The molecule has 0 spiro atoms. The van der Waals surface area contributed by atoms with Crippen LogP contribution in [-0.4, -0.2) is 32.3 Å². The fourth-order valence-corrected chi connectivity index (χ4v) is 3.16. The van der Waals surface area contributed by atoms with Gasteiger partial charge in [0.05, 0.1) is 17.1 Å². The van der Waals surface area contributed by atoms with E-state index >= 15 is 0 Å². The predicted octanol–water partition coefficient (Wildman–Crippen LogP) is 3.13. The number of esters is 1. The number of allylic oxidation sites excluding steroid dienone is 1. The summed E-state index contributed by atoms with van der Waals surface area (Å²) in [5, 5.41) is 18.6. The van der Waals surface area contributed by atoms with Crippen LogP contribution in [-0.2, 0) is 9.53 Å². The minimum Gasteiger partial charge on any atom is -0.463 e. The van der Waals surface area contributed by atoms with Crippen molar-refractivity contribution in [2.45, 2.75) is 39.7 Å². The quantitative estimate of drug-likeness (QED) is 0.471. The van der Waals surface area contributed by atoms with Crippen LogP contribution >= 0.6 is 0 Å². The molecule has 2 heterocycles. The number of ether oxygens (including phenoxy) is 1. The van der Waals surface area contributed by atoms with Crippen molar-refractivity contribution in [1.82, 2.24) is 14.8 Å². The number of aryl methyl sites for hydroxylation is 1. The molecular formula is C18H21N5O4. The van der Waals surface area contributed by atoms with Gasteiger partial charge >= 0.3 is 5.97 Å². The fraction of sp³-hybridized carbons (Fsp3) is 0.389. The molecule has 1 N–H and O–H groups in total. The molecule has 0 saturated heterocycles. The molecule has 1 aromatic heterocycles. The molecular weight excluding hydrogens is 350 g/mol. The first kappa shape index (κ1) is 18.6. The third-order valence-electron chi connectivity index (χ3n) is 4.26. The first-order valence-electron chi connectivity index (χ1n) is 8.80. The number of nitrogens with one attached hydrogen (secondary N) is 1. The first-order valence-corrected chi connectivity index (χ1v) is 8.80. The van der Waals surface area contributed by atoms with Crippen LogP contribution in [0, 0.1) is 17.0 Å². The van der Waals surface area contributed by atoms with Gasteiger partial charge < -0.3 is 10.1 Å². The number of benzene rings is 1. The number of hydrogen-bond donors (Lipinski definition) is 1. The van der Waals surface area contributed by atoms with E-state index in [1.54, 1.807) is 30.7 Å². The Labute approximate surface area is 156 Å². The molecule has 0 radical (unpaired) electrons. The number of rotatable bonds is 6. The number of nitrogens with zero attached hydrogens (tertiary/aromatic N) is 4. The van der Waals surface area contributed by atoms with Gasteiger partial charge in [-0.1, -0.05) is 13.3 Å². The SMILES string of the molecule is CCCC1=C(C(=O)OCC)[C@H](c2ccc([N+](=O)[O-])cc2)n2nc(C)nc2N1. The van der Waals surface area contributed by atoms with E-state index in [0.717, 1.165) is 12.1 Å². The van der Waals surface area contributed by atoms with Crippen molar-refractivity contribution >= 4 is 17.6 Å². The topological polar surface area (TPSA) is 112 Å². The van der Waals surface area contributed by atoms with Gasteiger partial charge in [-0.2, -0.15) is 10.1 Å². The maximum absolute atomic E-state index is 12.8. The molecule has 0 saturated carbocycles. The van der Waals surface area contributed by atoms with Gasteiger partial charge in [-0.15, -0.1) is 0 Å². The molecule has 3 rings (SSSR count). The van der Waals surface area contributed by atoms with E-state index in [1.807, 2.05) is 6.92 Å². The summed E-state index contributed by atoms with van der Waals surface area (Å²) in [5.41, 5.74) is 1.87. The molecule has 1 aliphatic heterocycles. The Morgan fingerprint density at radius 1 is 1.33 bits per heavy atom. The molecule has 1 aliphatic rings. The monoisotopic (exact) mass is 371 g/mol. The van der Waals surface area contributed by atoms with E-state index in [1.165, 1.54) is 12.1 Å². The summed E-state index contributed by atoms with van der Waals surface area (Å²) in [4.78, 5) is 27.7. The van der Waals surface area contributed by atoms with Gasteiger partial charge in [0.15, 0.2) is 0 Å². The second-order valence-corrected chi connectivity index (χ2v) is 6.17. The van der Waals surface area contributed by atoms with Crippen LogP contribution < -0.4 is 5.32 Å². The maximum atomic E-state index is 12.8. The zero-order chi connectivity index (χ0) is 19.6. The average Bonchev–Trinajstić information content (AvgIpc) is 3.00. The molecule has 9 heteroatoms. The maximum Gasteiger partial charge on any atom is 0.338 e. The summed E-state index contributed by atoms with van der Waals surface area (Å²) in [6.07, 6.45) is 1.47. The molecule has 0 bridgehead atoms. The molecule has 0 amide bonds. The highest BCUT2D eigenvalue weighted by Crippen LogP contribution is 2.37. The van der Waals surface area contributed by atoms with Crippen LogP contribution in [0.1, 0.15) is 44.1 Å². The lowest BCUT2D eigenvalue weighted by Crippen LogP contribution is -2.30. The van der Waals surface area contributed by atoms with Gasteiger partial charge in [0.2, 0.25) is 5.95 Å². The van der Waals surface area contributed by atoms with Crippen LogP contribution in [0.5, 0.6) is 0 Å². The van der Waals surface area contributed by atoms with Crippen molar-refractivity contribution in [2.75, 3.05) is 11.9 Å². The van der Waals surface area contributed by atoms with Crippen molar-refractivity contribution in [3.63, 3.8) is 0 Å². The van der Waals surface area contributed by atoms with Crippen LogP contribution in [0.3, 0.4) is 0 Å². The van der Waals surface area contributed by atoms with E-state index in [4.69, 9.17) is 4.74 Å². The molecule has 1 atom stereocenters. The highest BCUT2D eigenvalue weighted by atomic mass is 16.6. The Balaban J connectivity index is 2.17. The summed E-state index contributed by atoms with van der Waals surface area (Å²) in [5.74, 6) is 0.660. The number of aromatic nitrogens is 3. The number of nitro groups is 1. The van der Waals surface area contributed by atoms with Crippen molar-refractivity contribution < 1.29 is 14.5 Å². The van der Waals surface area contributed by atoms with E-state index in [-0.39, 0.29) is 12.3 Å². The second-order valence-electron chi connectivity index (χ2n) is 6.17. The highest BCUT2D eigenvalue weighted by molar-refractivity contribution is 5.92. The number of carbonyl (C=O) groups excluding carboxylic acids is 1. The summed E-state index contributed by atoms with van der Waals surface area (Å²) in [6.45, 7) is 5.78. The van der Waals surface area contributed by atoms with Gasteiger partial charge in [-0.3, -0.25) is 10.1 Å². The van der Waals surface area contributed by atoms with E-state index in [2.05, 4.69) is 15.4 Å². The zero-order valence-electron chi connectivity index (χ0n) is 15.4. The minimum atomic E-state index is -0.566. The first-order chi connectivity index (χ1) is 13.0. The normalized spacial score (nSPS) is 15.9. The molecule has 142 valence electrons. The Morgan fingerprint density at radius 2 is 2.04 bits per heavy atom. The molecule has 9 nitrogen and oxygen atoms in total. The van der Waals surface area contributed by atoms with Crippen LogP contribution in [0.15, 0.2) is 35.5 Å². The van der Waals surface area contributed by atoms with Gasteiger partial charge in [0.1, 0.15) is 11.9 Å². The van der Waals surface area contributed by atoms with Crippen LogP contribution in [0.2, 0.25) is 0 Å². The number of anilines is 1. The highest BCUT2D eigenvalue weighted by Gasteiger charge is 2.35. The third-order valence-corrected chi connectivity index (χ3v) is 4.26. The molecule has 1 aromatic carbocycles. The lowest BCUT2D eigenvalue weighted by Gasteiger charge is -2.29. The Morgan fingerprint density at radius 3 is 2.63 bits per heavy atom. The molecule has 0 aliphatic carbocycles. The number of non-ortho nitro benzene ring substituents is 1. The van der Waals surface area contributed by atoms with Crippen LogP contribution in [0.4, 0.5) is 11.6 Å². The molecule has 2 aromatic rings.